The Labute approximate surface area is 79.8 Å². The van der Waals surface area contributed by atoms with Crippen LogP contribution in [0.15, 0.2) is 28.8 Å². The summed E-state index contributed by atoms with van der Waals surface area (Å²) in [6, 6.07) is -0.258. The summed E-state index contributed by atoms with van der Waals surface area (Å²) in [4.78, 5) is 26.0. The van der Waals surface area contributed by atoms with Crippen LogP contribution in [0.4, 0.5) is 0 Å². The number of amides is 1. The number of hydrogen-bond acceptors (Lipinski definition) is 3. The summed E-state index contributed by atoms with van der Waals surface area (Å²) in [6.45, 7) is 0. The number of hydrogen-bond donors (Lipinski definition) is 2. The molecule has 14 heavy (non-hydrogen) atoms. The number of rotatable bonds is 1. The van der Waals surface area contributed by atoms with Gasteiger partial charge in [0, 0.05) is 0 Å². The Kier molecular flexibility index (Phi) is 1.92. The van der Waals surface area contributed by atoms with Crippen molar-refractivity contribution in [3.8, 4) is 0 Å². The highest BCUT2D eigenvalue weighted by molar-refractivity contribution is 5.97. The monoisotopic (exact) mass is 192 g/mol. The molecule has 1 heterocycles. The number of aliphatic carboxylic acids is 1. The topological polar surface area (TPSA) is 78.8 Å². The van der Waals surface area contributed by atoms with Gasteiger partial charge in [0.25, 0.3) is 0 Å². The maximum Gasteiger partial charge on any atom is 0.335 e. The standard InChI is InChI=1S/C9H8N2O3/c12-8-6-3-5(9(13)14)1-2-7(6)10-4-11-8/h1-4,6-7H,(H,13,14)(H,10,11,12)/t6-,7+/m0/s1. The molecule has 1 aliphatic carbocycles. The molecule has 72 valence electrons. The molecule has 0 saturated heterocycles. The molecule has 5 heteroatoms. The number of fused-ring (bicyclic) bond motifs is 1. The summed E-state index contributed by atoms with van der Waals surface area (Å²) in [6.07, 6.45) is 5.87. The van der Waals surface area contributed by atoms with Crippen molar-refractivity contribution < 1.29 is 14.7 Å². The van der Waals surface area contributed by atoms with E-state index in [1.807, 2.05) is 0 Å². The molecule has 0 spiro atoms. The van der Waals surface area contributed by atoms with Gasteiger partial charge in [0.15, 0.2) is 0 Å². The number of carbonyl (C=O) groups excluding carboxylic acids is 1. The molecule has 0 bridgehead atoms. The Bertz CT molecular complexity index is 382. The second-order valence-corrected chi connectivity index (χ2v) is 3.09. The van der Waals surface area contributed by atoms with Gasteiger partial charge in [-0.3, -0.25) is 9.79 Å². The van der Waals surface area contributed by atoms with Crippen LogP contribution >= 0.6 is 0 Å². The van der Waals surface area contributed by atoms with Crippen molar-refractivity contribution in [2.45, 2.75) is 6.04 Å². The number of nitrogens with zero attached hydrogens (tertiary/aromatic N) is 1. The number of carbonyl (C=O) groups is 2. The average molecular weight is 192 g/mol. The van der Waals surface area contributed by atoms with E-state index in [0.717, 1.165) is 0 Å². The fourth-order valence-corrected chi connectivity index (χ4v) is 1.47. The highest BCUT2D eigenvalue weighted by Crippen LogP contribution is 2.21. The SMILES string of the molecule is O=C(O)C1=C[C@@H]2C(=O)NC=N[C@@H]2C=C1. The Hall–Kier alpha value is -1.91. The second-order valence-electron chi connectivity index (χ2n) is 3.09. The molecule has 1 amide bonds. The van der Waals surface area contributed by atoms with E-state index in [4.69, 9.17) is 5.11 Å². The molecule has 0 aromatic carbocycles. The van der Waals surface area contributed by atoms with Crippen molar-refractivity contribution in [3.63, 3.8) is 0 Å². The summed E-state index contributed by atoms with van der Waals surface area (Å²) >= 11 is 0. The van der Waals surface area contributed by atoms with Crippen LogP contribution in [0.3, 0.4) is 0 Å². The first kappa shape index (κ1) is 8.68. The van der Waals surface area contributed by atoms with E-state index < -0.39 is 11.9 Å². The maximum atomic E-state index is 11.3. The van der Waals surface area contributed by atoms with E-state index in [2.05, 4.69) is 10.3 Å². The second kappa shape index (κ2) is 3.10. The van der Waals surface area contributed by atoms with Crippen molar-refractivity contribution in [1.82, 2.24) is 5.32 Å². The molecular weight excluding hydrogens is 184 g/mol. The van der Waals surface area contributed by atoms with E-state index in [-0.39, 0.29) is 17.5 Å². The Morgan fingerprint density at radius 1 is 1.57 bits per heavy atom. The van der Waals surface area contributed by atoms with Crippen LogP contribution in [0.1, 0.15) is 0 Å². The molecule has 2 rings (SSSR count). The van der Waals surface area contributed by atoms with Gasteiger partial charge in [0.1, 0.15) is 0 Å². The fraction of sp³-hybridized carbons (Fsp3) is 0.222. The molecule has 5 nitrogen and oxygen atoms in total. The lowest BCUT2D eigenvalue weighted by Crippen LogP contribution is -2.40. The third-order valence-corrected chi connectivity index (χ3v) is 2.20. The van der Waals surface area contributed by atoms with Gasteiger partial charge in [-0.1, -0.05) is 12.2 Å². The van der Waals surface area contributed by atoms with Gasteiger partial charge in [0.2, 0.25) is 5.91 Å². The van der Waals surface area contributed by atoms with Crippen LogP contribution < -0.4 is 5.32 Å². The molecule has 0 unspecified atom stereocenters. The van der Waals surface area contributed by atoms with Crippen LogP contribution in [0, 0.1) is 5.92 Å². The lowest BCUT2D eigenvalue weighted by atomic mass is 9.90. The van der Waals surface area contributed by atoms with E-state index in [0.29, 0.717) is 0 Å². The molecule has 0 aromatic heterocycles. The van der Waals surface area contributed by atoms with E-state index in [9.17, 15) is 9.59 Å². The first-order valence-corrected chi connectivity index (χ1v) is 4.14. The van der Waals surface area contributed by atoms with Crippen molar-refractivity contribution in [1.29, 1.82) is 0 Å². The lowest BCUT2D eigenvalue weighted by molar-refractivity contribution is -0.132. The van der Waals surface area contributed by atoms with Gasteiger partial charge in [0.05, 0.1) is 23.9 Å². The van der Waals surface area contributed by atoms with Crippen molar-refractivity contribution in [2.75, 3.05) is 0 Å². The van der Waals surface area contributed by atoms with Gasteiger partial charge in [-0.05, 0) is 6.08 Å². The molecule has 1 aliphatic heterocycles. The smallest absolute Gasteiger partial charge is 0.335 e. The van der Waals surface area contributed by atoms with Gasteiger partial charge in [-0.15, -0.1) is 0 Å². The van der Waals surface area contributed by atoms with Gasteiger partial charge < -0.3 is 10.4 Å². The summed E-state index contributed by atoms with van der Waals surface area (Å²) in [7, 11) is 0. The van der Waals surface area contributed by atoms with Crippen LogP contribution in [-0.2, 0) is 9.59 Å². The van der Waals surface area contributed by atoms with Crippen LogP contribution in [0.5, 0.6) is 0 Å². The quantitative estimate of drug-likeness (QED) is 0.599. The Morgan fingerprint density at radius 3 is 3.07 bits per heavy atom. The molecule has 2 N–H and O–H groups in total. The van der Waals surface area contributed by atoms with Gasteiger partial charge in [-0.2, -0.15) is 0 Å². The lowest BCUT2D eigenvalue weighted by Gasteiger charge is -2.23. The minimum Gasteiger partial charge on any atom is -0.478 e. The van der Waals surface area contributed by atoms with E-state index in [1.54, 1.807) is 6.08 Å². The van der Waals surface area contributed by atoms with Crippen LogP contribution in [0.2, 0.25) is 0 Å². The maximum absolute atomic E-state index is 11.3. The molecule has 2 aliphatic rings. The molecule has 2 atom stereocenters. The van der Waals surface area contributed by atoms with Crippen LogP contribution in [-0.4, -0.2) is 29.4 Å². The summed E-state index contributed by atoms with van der Waals surface area (Å²) in [5, 5.41) is 11.2. The van der Waals surface area contributed by atoms with Crippen molar-refractivity contribution in [2.24, 2.45) is 10.9 Å². The Morgan fingerprint density at radius 2 is 2.36 bits per heavy atom. The molecule has 0 aromatic rings. The molecule has 0 fully saturated rings. The third-order valence-electron chi connectivity index (χ3n) is 2.20. The van der Waals surface area contributed by atoms with Crippen LogP contribution in [0.25, 0.3) is 0 Å². The Balaban J connectivity index is 2.33. The first-order valence-electron chi connectivity index (χ1n) is 4.14. The van der Waals surface area contributed by atoms with Gasteiger partial charge in [-0.25, -0.2) is 4.79 Å². The highest BCUT2D eigenvalue weighted by Gasteiger charge is 2.30. The zero-order chi connectivity index (χ0) is 10.1. The van der Waals surface area contributed by atoms with Crippen molar-refractivity contribution in [3.05, 3.63) is 23.8 Å². The third kappa shape index (κ3) is 1.32. The highest BCUT2D eigenvalue weighted by atomic mass is 16.4. The molecule has 0 radical (unpaired) electrons. The van der Waals surface area contributed by atoms with E-state index in [1.165, 1.54) is 18.5 Å². The summed E-state index contributed by atoms with van der Waals surface area (Å²) in [5.41, 5.74) is 0.138. The first-order chi connectivity index (χ1) is 6.68. The predicted molar refractivity (Wildman–Crippen MR) is 48.8 cm³/mol. The number of nitrogens with one attached hydrogen (secondary N) is 1. The largest absolute Gasteiger partial charge is 0.478 e. The summed E-state index contributed by atoms with van der Waals surface area (Å²) < 4.78 is 0. The number of carboxylic acid groups (broad SMARTS) is 1. The predicted octanol–water partition coefficient (Wildman–Crippen LogP) is -0.290. The van der Waals surface area contributed by atoms with E-state index >= 15 is 0 Å². The summed E-state index contributed by atoms with van der Waals surface area (Å²) in [5.74, 6) is -1.73. The van der Waals surface area contributed by atoms with Gasteiger partial charge >= 0.3 is 5.97 Å². The minimum absolute atomic E-state index is 0.138. The zero-order valence-electron chi connectivity index (χ0n) is 7.18. The van der Waals surface area contributed by atoms with Crippen molar-refractivity contribution >= 4 is 18.2 Å². The number of aliphatic imine (C=N–C) groups is 1. The normalized spacial score (nSPS) is 29.1. The molecule has 0 saturated carbocycles. The fourth-order valence-electron chi connectivity index (χ4n) is 1.47. The average Bonchev–Trinajstić information content (AvgIpc) is 2.18. The zero-order valence-corrected chi connectivity index (χ0v) is 7.18. The molecular formula is C9H8N2O3. The minimum atomic E-state index is -1.03. The number of carboxylic acids is 1.